The smallest absolute Gasteiger partial charge is 0.380 e. The van der Waals surface area contributed by atoms with Crippen molar-refractivity contribution < 1.29 is 48.1 Å². The first-order chi connectivity index (χ1) is 16.5. The first kappa shape index (κ1) is 26.7. The lowest BCUT2D eigenvalue weighted by molar-refractivity contribution is -0.421. The summed E-state index contributed by atoms with van der Waals surface area (Å²) in [4.78, 5) is 45.6. The third-order valence-electron chi connectivity index (χ3n) is 4.77. The molecule has 0 aliphatic carbocycles. The molecule has 34 heavy (non-hydrogen) atoms. The second kappa shape index (κ2) is 13.9. The molecule has 0 aromatic heterocycles. The van der Waals surface area contributed by atoms with Crippen LogP contribution < -0.4 is 18.9 Å². The van der Waals surface area contributed by atoms with Crippen molar-refractivity contribution in [1.82, 2.24) is 0 Å². The SMILES string of the molecule is CCCCCC(OOC(=O)c1c(OC)cccc1OC)OOC(=O)c1c(OC)cccc1OC. The maximum absolute atomic E-state index is 12.7. The summed E-state index contributed by atoms with van der Waals surface area (Å²) >= 11 is 0. The third kappa shape index (κ3) is 7.00. The Morgan fingerprint density at radius 3 is 1.38 bits per heavy atom. The first-order valence-corrected chi connectivity index (χ1v) is 10.7. The summed E-state index contributed by atoms with van der Waals surface area (Å²) in [5.74, 6) is -0.762. The van der Waals surface area contributed by atoms with Gasteiger partial charge in [0.2, 0.25) is 6.29 Å². The zero-order chi connectivity index (χ0) is 24.9. The van der Waals surface area contributed by atoms with Crippen molar-refractivity contribution >= 4 is 11.9 Å². The average Bonchev–Trinajstić information content (AvgIpc) is 2.88. The van der Waals surface area contributed by atoms with E-state index >= 15 is 0 Å². The molecule has 0 aliphatic rings. The number of benzene rings is 2. The van der Waals surface area contributed by atoms with Gasteiger partial charge >= 0.3 is 11.9 Å². The molecule has 0 saturated heterocycles. The van der Waals surface area contributed by atoms with Gasteiger partial charge in [0.15, 0.2) is 0 Å². The summed E-state index contributed by atoms with van der Waals surface area (Å²) in [6.07, 6.45) is 1.59. The lowest BCUT2D eigenvalue weighted by atomic mass is 10.2. The minimum Gasteiger partial charge on any atom is -0.496 e. The third-order valence-corrected chi connectivity index (χ3v) is 4.77. The van der Waals surface area contributed by atoms with E-state index in [0.717, 1.165) is 12.8 Å². The quantitative estimate of drug-likeness (QED) is 0.167. The van der Waals surface area contributed by atoms with Crippen molar-refractivity contribution in [3.63, 3.8) is 0 Å². The topological polar surface area (TPSA) is 108 Å². The first-order valence-electron chi connectivity index (χ1n) is 10.7. The second-order valence-electron chi connectivity index (χ2n) is 6.93. The standard InChI is InChI=1S/C24H30O10/c1-6-7-8-15-20(31-33-23(25)21-16(27-2)11-9-12-17(21)28-3)32-34-24(26)22-18(29-4)13-10-14-19(22)30-5/h9-14,20H,6-8,15H2,1-5H3. The van der Waals surface area contributed by atoms with Crippen LogP contribution >= 0.6 is 0 Å². The minimum atomic E-state index is -1.18. The maximum atomic E-state index is 12.7. The highest BCUT2D eigenvalue weighted by Gasteiger charge is 2.26. The molecule has 10 heteroatoms. The molecule has 0 fully saturated rings. The molecule has 2 aromatic rings. The molecule has 0 unspecified atom stereocenters. The van der Waals surface area contributed by atoms with Crippen LogP contribution in [-0.2, 0) is 19.6 Å². The summed E-state index contributed by atoms with van der Waals surface area (Å²) in [6.45, 7) is 2.03. The van der Waals surface area contributed by atoms with Crippen LogP contribution in [0.2, 0.25) is 0 Å². The number of carbonyl (C=O) groups is 2. The van der Waals surface area contributed by atoms with Gasteiger partial charge in [-0.1, -0.05) is 31.9 Å². The van der Waals surface area contributed by atoms with Crippen LogP contribution in [0.5, 0.6) is 23.0 Å². The van der Waals surface area contributed by atoms with Crippen molar-refractivity contribution in [2.75, 3.05) is 28.4 Å². The van der Waals surface area contributed by atoms with Gasteiger partial charge in [-0.25, -0.2) is 9.59 Å². The average molecular weight is 478 g/mol. The van der Waals surface area contributed by atoms with Gasteiger partial charge in [0.25, 0.3) is 0 Å². The molecule has 0 atom stereocenters. The number of carbonyl (C=O) groups excluding carboxylic acids is 2. The highest BCUT2D eigenvalue weighted by atomic mass is 17.3. The Hall–Kier alpha value is -3.50. The molecule has 0 heterocycles. The van der Waals surface area contributed by atoms with Crippen LogP contribution in [0.1, 0.15) is 53.3 Å². The highest BCUT2D eigenvalue weighted by molar-refractivity contribution is 5.96. The Morgan fingerprint density at radius 2 is 1.06 bits per heavy atom. The van der Waals surface area contributed by atoms with Crippen molar-refractivity contribution in [3.8, 4) is 23.0 Å². The molecular weight excluding hydrogens is 448 g/mol. The predicted octanol–water partition coefficient (Wildman–Crippen LogP) is 4.50. The summed E-state index contributed by atoms with van der Waals surface area (Å²) in [6, 6.07) is 9.65. The summed E-state index contributed by atoms with van der Waals surface area (Å²) < 4.78 is 20.8. The van der Waals surface area contributed by atoms with E-state index in [-0.39, 0.29) is 34.1 Å². The maximum Gasteiger partial charge on any atom is 0.380 e. The van der Waals surface area contributed by atoms with E-state index < -0.39 is 18.2 Å². The van der Waals surface area contributed by atoms with Crippen LogP contribution in [-0.4, -0.2) is 46.7 Å². The zero-order valence-electron chi connectivity index (χ0n) is 20.0. The van der Waals surface area contributed by atoms with E-state index in [4.69, 9.17) is 38.5 Å². The molecule has 2 rings (SSSR count). The fourth-order valence-corrected chi connectivity index (χ4v) is 3.06. The van der Waals surface area contributed by atoms with E-state index in [1.54, 1.807) is 36.4 Å². The molecule has 0 amide bonds. The monoisotopic (exact) mass is 478 g/mol. The number of unbranched alkanes of at least 4 members (excludes halogenated alkanes) is 2. The number of ether oxygens (including phenoxy) is 4. The second-order valence-corrected chi connectivity index (χ2v) is 6.93. The molecule has 186 valence electrons. The molecule has 0 aliphatic heterocycles. The number of methoxy groups -OCH3 is 4. The van der Waals surface area contributed by atoms with Gasteiger partial charge in [-0.05, 0) is 30.7 Å². The van der Waals surface area contributed by atoms with Crippen LogP contribution in [0.25, 0.3) is 0 Å². The number of rotatable bonds is 14. The fourth-order valence-electron chi connectivity index (χ4n) is 3.06. The normalized spacial score (nSPS) is 10.5. The highest BCUT2D eigenvalue weighted by Crippen LogP contribution is 2.30. The Balaban J connectivity index is 2.11. The van der Waals surface area contributed by atoms with Crippen molar-refractivity contribution in [1.29, 1.82) is 0 Å². The largest absolute Gasteiger partial charge is 0.496 e. The lowest BCUT2D eigenvalue weighted by Crippen LogP contribution is -2.23. The van der Waals surface area contributed by atoms with E-state index in [1.807, 2.05) is 6.92 Å². The Bertz CT molecular complexity index is 827. The van der Waals surface area contributed by atoms with E-state index in [9.17, 15) is 9.59 Å². The molecule has 10 nitrogen and oxygen atoms in total. The van der Waals surface area contributed by atoms with Crippen LogP contribution in [0.15, 0.2) is 36.4 Å². The van der Waals surface area contributed by atoms with Crippen LogP contribution in [0.4, 0.5) is 0 Å². The summed E-state index contributed by atoms with van der Waals surface area (Å²) in [5, 5.41) is 0. The van der Waals surface area contributed by atoms with E-state index in [2.05, 4.69) is 0 Å². The van der Waals surface area contributed by atoms with Crippen LogP contribution in [0.3, 0.4) is 0 Å². The molecule has 0 spiro atoms. The molecule has 0 saturated carbocycles. The van der Waals surface area contributed by atoms with Gasteiger partial charge in [0.05, 0.1) is 28.4 Å². The predicted molar refractivity (Wildman–Crippen MR) is 120 cm³/mol. The van der Waals surface area contributed by atoms with E-state index in [0.29, 0.717) is 12.8 Å². The van der Waals surface area contributed by atoms with Crippen LogP contribution in [0, 0.1) is 0 Å². The summed E-state index contributed by atoms with van der Waals surface area (Å²) in [7, 11) is 5.65. The van der Waals surface area contributed by atoms with Crippen molar-refractivity contribution in [2.45, 2.75) is 38.9 Å². The molecular formula is C24H30O10. The van der Waals surface area contributed by atoms with E-state index in [1.165, 1.54) is 28.4 Å². The zero-order valence-corrected chi connectivity index (χ0v) is 20.0. The Morgan fingerprint density at radius 1 is 0.676 bits per heavy atom. The Labute approximate surface area is 198 Å². The Kier molecular flexibility index (Phi) is 10.9. The van der Waals surface area contributed by atoms with Crippen molar-refractivity contribution in [2.24, 2.45) is 0 Å². The number of hydrogen-bond donors (Lipinski definition) is 0. The fraction of sp³-hybridized carbons (Fsp3) is 0.417. The van der Waals surface area contributed by atoms with Gasteiger partial charge in [-0.3, -0.25) is 9.78 Å². The minimum absolute atomic E-state index is 0.0376. The molecule has 0 bridgehead atoms. The van der Waals surface area contributed by atoms with Gasteiger partial charge in [-0.15, -0.1) is 9.78 Å². The van der Waals surface area contributed by atoms with Gasteiger partial charge < -0.3 is 18.9 Å². The van der Waals surface area contributed by atoms with Gasteiger partial charge in [0.1, 0.15) is 34.1 Å². The van der Waals surface area contributed by atoms with Gasteiger partial charge in [-0.2, -0.15) is 0 Å². The molecule has 0 radical (unpaired) electrons. The number of hydrogen-bond acceptors (Lipinski definition) is 10. The van der Waals surface area contributed by atoms with Gasteiger partial charge in [0, 0.05) is 6.42 Å². The van der Waals surface area contributed by atoms with Crippen molar-refractivity contribution in [3.05, 3.63) is 47.5 Å². The lowest BCUT2D eigenvalue weighted by Gasteiger charge is -2.17. The molecule has 2 aromatic carbocycles. The summed E-state index contributed by atoms with van der Waals surface area (Å²) in [5.41, 5.74) is 0.0751. The molecule has 0 N–H and O–H groups in total.